The molecule has 45 heavy (non-hydrogen) atoms. The lowest BCUT2D eigenvalue weighted by Gasteiger charge is -2.17. The Kier molecular flexibility index (Phi) is 6.89. The van der Waals surface area contributed by atoms with Crippen LogP contribution in [-0.2, 0) is 14.1 Å². The summed E-state index contributed by atoms with van der Waals surface area (Å²) in [6, 6.07) is 32.6. The summed E-state index contributed by atoms with van der Waals surface area (Å²) in [6.07, 6.45) is 0. The molecule has 8 nitrogen and oxygen atoms in total. The van der Waals surface area contributed by atoms with Crippen LogP contribution in [0.2, 0.25) is 0 Å². The van der Waals surface area contributed by atoms with E-state index in [-0.39, 0.29) is 5.84 Å². The number of hydrogen-bond donors (Lipinski definition) is 3. The van der Waals surface area contributed by atoms with Gasteiger partial charge in [-0.3, -0.25) is 10.4 Å². The SMILES string of the molecule is CN=C1Nc2c3ccccc3c(n2C)NC(=N)c2ccccc2C(C)=Nc2c3ccccc3c(n2C)N=C(C)c2ccccc21. The van der Waals surface area contributed by atoms with Gasteiger partial charge in [0.05, 0.1) is 0 Å². The zero-order valence-electron chi connectivity index (χ0n) is 26.0. The molecule has 0 spiro atoms. The summed E-state index contributed by atoms with van der Waals surface area (Å²) in [5, 5.41) is 20.4. The Bertz CT molecular complexity index is 2240. The van der Waals surface area contributed by atoms with E-state index >= 15 is 0 Å². The molecule has 1 aliphatic heterocycles. The van der Waals surface area contributed by atoms with Crippen molar-refractivity contribution >= 4 is 67.9 Å². The van der Waals surface area contributed by atoms with Crippen LogP contribution in [-0.4, -0.2) is 39.3 Å². The van der Waals surface area contributed by atoms with Gasteiger partial charge in [-0.1, -0.05) is 97.1 Å². The standard InChI is InChI=1S/C37H34N8/c1-22-24-14-6-8-16-26(24)32(38)42-36-30-20-12-13-21-31(30)37(45(36)5)43-33(39-3)27-17-9-7-15-25(27)23(2)41-35-29-19-11-10-18-28(29)34(40-22)44(35)4/h6-21H,1-5H3,(H2,38,42)(H,39,43). The Morgan fingerprint density at radius 1 is 0.556 bits per heavy atom. The van der Waals surface area contributed by atoms with E-state index in [0.717, 1.165) is 84.3 Å². The van der Waals surface area contributed by atoms with Gasteiger partial charge < -0.3 is 19.8 Å². The first-order valence-electron chi connectivity index (χ1n) is 14.9. The largest absolute Gasteiger partial charge is 0.326 e. The Morgan fingerprint density at radius 3 is 1.51 bits per heavy atom. The lowest BCUT2D eigenvalue weighted by molar-refractivity contribution is 0.928. The van der Waals surface area contributed by atoms with Gasteiger partial charge in [0.1, 0.15) is 34.9 Å². The van der Waals surface area contributed by atoms with Crippen LogP contribution in [0.25, 0.3) is 21.5 Å². The fraction of sp³-hybridized carbons (Fsp3) is 0.135. The van der Waals surface area contributed by atoms with E-state index in [0.29, 0.717) is 0 Å². The zero-order valence-corrected chi connectivity index (χ0v) is 26.0. The van der Waals surface area contributed by atoms with Crippen molar-refractivity contribution in [1.82, 2.24) is 9.13 Å². The Hall–Kier alpha value is -5.76. The first-order chi connectivity index (χ1) is 21.9. The molecule has 222 valence electrons. The average Bonchev–Trinajstić information content (AvgIpc) is 3.48. The summed E-state index contributed by atoms with van der Waals surface area (Å²) in [4.78, 5) is 15.1. The molecule has 7 rings (SSSR count). The Balaban J connectivity index is 1.54. The molecule has 6 aromatic rings. The van der Waals surface area contributed by atoms with Gasteiger partial charge in [0, 0.05) is 76.4 Å². The fourth-order valence-electron chi connectivity index (χ4n) is 6.28. The predicted octanol–water partition coefficient (Wildman–Crippen LogP) is 8.19. The quantitative estimate of drug-likeness (QED) is 0.166. The molecule has 0 aliphatic carbocycles. The van der Waals surface area contributed by atoms with Crippen molar-refractivity contribution in [2.45, 2.75) is 13.8 Å². The molecule has 0 saturated carbocycles. The van der Waals surface area contributed by atoms with Crippen molar-refractivity contribution in [2.75, 3.05) is 17.7 Å². The van der Waals surface area contributed by atoms with Crippen LogP contribution in [0.15, 0.2) is 112 Å². The maximum Gasteiger partial charge on any atom is 0.142 e. The maximum atomic E-state index is 9.26. The van der Waals surface area contributed by atoms with Gasteiger partial charge in [-0.25, -0.2) is 9.98 Å². The average molecular weight is 591 g/mol. The highest BCUT2D eigenvalue weighted by Crippen LogP contribution is 2.39. The van der Waals surface area contributed by atoms with Crippen molar-refractivity contribution in [3.8, 4) is 0 Å². The van der Waals surface area contributed by atoms with Crippen molar-refractivity contribution in [2.24, 2.45) is 29.1 Å². The second-order valence-corrected chi connectivity index (χ2v) is 11.2. The van der Waals surface area contributed by atoms with Crippen LogP contribution in [0.5, 0.6) is 0 Å². The maximum absolute atomic E-state index is 9.26. The van der Waals surface area contributed by atoms with E-state index < -0.39 is 0 Å². The van der Waals surface area contributed by atoms with E-state index in [2.05, 4.69) is 56.2 Å². The number of hydrogen-bond acceptors (Lipinski definition) is 4. The summed E-state index contributed by atoms with van der Waals surface area (Å²) in [7, 11) is 5.81. The second kappa shape index (κ2) is 11.1. The molecule has 0 amide bonds. The van der Waals surface area contributed by atoms with Gasteiger partial charge in [0.2, 0.25) is 0 Å². The molecule has 0 unspecified atom stereocenters. The number of aromatic nitrogens is 2. The number of benzene rings is 4. The third kappa shape index (κ3) is 4.62. The highest BCUT2D eigenvalue weighted by molar-refractivity contribution is 6.21. The highest BCUT2D eigenvalue weighted by Gasteiger charge is 2.22. The van der Waals surface area contributed by atoms with E-state index in [1.54, 1.807) is 7.05 Å². The van der Waals surface area contributed by atoms with E-state index in [4.69, 9.17) is 15.0 Å². The minimum absolute atomic E-state index is 0.284. The predicted molar refractivity (Wildman–Crippen MR) is 189 cm³/mol. The molecule has 4 aromatic carbocycles. The first kappa shape index (κ1) is 28.0. The summed E-state index contributed by atoms with van der Waals surface area (Å²) < 4.78 is 4.11. The number of aliphatic imine (C=N–C) groups is 3. The first-order valence-corrected chi connectivity index (χ1v) is 14.9. The van der Waals surface area contributed by atoms with Crippen LogP contribution in [0, 0.1) is 5.41 Å². The minimum atomic E-state index is 0.284. The van der Waals surface area contributed by atoms with Gasteiger partial charge in [0.25, 0.3) is 0 Å². The molecular weight excluding hydrogens is 556 g/mol. The van der Waals surface area contributed by atoms with Gasteiger partial charge >= 0.3 is 0 Å². The van der Waals surface area contributed by atoms with Crippen LogP contribution in [0.3, 0.4) is 0 Å². The molecule has 0 fully saturated rings. The normalized spacial score (nSPS) is 14.6. The third-order valence-corrected chi connectivity index (χ3v) is 8.56. The topological polar surface area (TPSA) is 94.9 Å². The van der Waals surface area contributed by atoms with Gasteiger partial charge in [0.15, 0.2) is 0 Å². The molecule has 0 saturated heterocycles. The number of nitrogens with one attached hydrogen (secondary N) is 3. The molecule has 2 aromatic heterocycles. The second-order valence-electron chi connectivity index (χ2n) is 11.2. The molecule has 4 bridgehead atoms. The van der Waals surface area contributed by atoms with Gasteiger partial charge in [-0.2, -0.15) is 0 Å². The molecule has 0 atom stereocenters. The van der Waals surface area contributed by atoms with E-state index in [1.807, 2.05) is 88.6 Å². The minimum Gasteiger partial charge on any atom is -0.326 e. The molecule has 1 aliphatic rings. The smallest absolute Gasteiger partial charge is 0.142 e. The summed E-state index contributed by atoms with van der Waals surface area (Å²) >= 11 is 0. The monoisotopic (exact) mass is 590 g/mol. The lowest BCUT2D eigenvalue weighted by Crippen LogP contribution is -2.20. The van der Waals surface area contributed by atoms with Gasteiger partial charge in [-0.15, -0.1) is 0 Å². The lowest BCUT2D eigenvalue weighted by atomic mass is 10.0. The van der Waals surface area contributed by atoms with Crippen LogP contribution >= 0.6 is 0 Å². The number of nitrogens with zero attached hydrogens (tertiary/aromatic N) is 5. The number of anilines is 2. The zero-order chi connectivity index (χ0) is 31.2. The molecule has 8 heteroatoms. The number of fused-ring (bicyclic) bond motifs is 12. The van der Waals surface area contributed by atoms with Crippen molar-refractivity contribution in [3.05, 3.63) is 119 Å². The summed E-state index contributed by atoms with van der Waals surface area (Å²) in [5.41, 5.74) is 5.24. The van der Waals surface area contributed by atoms with Crippen molar-refractivity contribution < 1.29 is 0 Å². The molecule has 3 N–H and O–H groups in total. The summed E-state index contributed by atoms with van der Waals surface area (Å²) in [5.74, 6) is 4.33. The third-order valence-electron chi connectivity index (χ3n) is 8.56. The molecule has 0 radical (unpaired) electrons. The fourth-order valence-corrected chi connectivity index (χ4v) is 6.28. The Labute approximate surface area is 262 Å². The van der Waals surface area contributed by atoms with Crippen molar-refractivity contribution in [3.63, 3.8) is 0 Å². The van der Waals surface area contributed by atoms with E-state index in [1.165, 1.54) is 0 Å². The van der Waals surface area contributed by atoms with Crippen LogP contribution in [0.1, 0.15) is 36.1 Å². The number of amidine groups is 2. The van der Waals surface area contributed by atoms with E-state index in [9.17, 15) is 5.41 Å². The Morgan fingerprint density at radius 2 is 0.978 bits per heavy atom. The highest BCUT2D eigenvalue weighted by atomic mass is 15.2. The summed E-state index contributed by atoms with van der Waals surface area (Å²) in [6.45, 7) is 4.05. The van der Waals surface area contributed by atoms with Crippen molar-refractivity contribution in [1.29, 1.82) is 5.41 Å². The van der Waals surface area contributed by atoms with Gasteiger partial charge in [-0.05, 0) is 13.8 Å². The molecular formula is C37H34N8. The van der Waals surface area contributed by atoms with Crippen LogP contribution in [0.4, 0.5) is 23.3 Å². The molecule has 3 heterocycles. The number of rotatable bonds is 0. The van der Waals surface area contributed by atoms with Crippen LogP contribution < -0.4 is 10.6 Å².